The first-order valence-corrected chi connectivity index (χ1v) is 10.3. The maximum Gasteiger partial charge on any atom is 0.410 e. The van der Waals surface area contributed by atoms with Gasteiger partial charge in [-0.25, -0.2) is 4.79 Å². The van der Waals surface area contributed by atoms with E-state index in [4.69, 9.17) is 16.3 Å². The number of carbonyl (C=O) groups excluding carboxylic acids is 1. The summed E-state index contributed by atoms with van der Waals surface area (Å²) < 4.78 is 6.30. The van der Waals surface area contributed by atoms with Crippen molar-refractivity contribution >= 4 is 38.1 Å². The van der Waals surface area contributed by atoms with Crippen molar-refractivity contribution in [3.8, 4) is 0 Å². The molecule has 1 aromatic rings. The number of hydrogen-bond acceptors (Lipinski definition) is 3. The summed E-state index contributed by atoms with van der Waals surface area (Å²) in [5, 5.41) is 0.682. The van der Waals surface area contributed by atoms with Gasteiger partial charge in [0.05, 0.1) is 0 Å². The van der Waals surface area contributed by atoms with E-state index >= 15 is 0 Å². The van der Waals surface area contributed by atoms with Crippen LogP contribution in [0.1, 0.15) is 44.4 Å². The van der Waals surface area contributed by atoms with Gasteiger partial charge in [0.1, 0.15) is 5.60 Å². The zero-order chi connectivity index (χ0) is 20.2. The number of hydrogen-bond donors (Lipinski definition) is 0. The van der Waals surface area contributed by atoms with E-state index in [0.29, 0.717) is 18.1 Å². The molecule has 1 atom stereocenters. The molecule has 148 valence electrons. The van der Waals surface area contributed by atoms with Crippen molar-refractivity contribution in [2.24, 2.45) is 0 Å². The van der Waals surface area contributed by atoms with Crippen LogP contribution in [0.3, 0.4) is 0 Å². The van der Waals surface area contributed by atoms with E-state index in [1.165, 1.54) is 0 Å². The summed E-state index contributed by atoms with van der Waals surface area (Å²) in [6.45, 7) is 16.4. The van der Waals surface area contributed by atoms with Crippen molar-refractivity contribution < 1.29 is 9.53 Å². The Labute approximate surface area is 175 Å². The largest absolute Gasteiger partial charge is 0.444 e. The minimum absolute atomic E-state index is 0.157. The van der Waals surface area contributed by atoms with Gasteiger partial charge in [-0.05, 0) is 50.5 Å². The van der Waals surface area contributed by atoms with Crippen LogP contribution in [0.25, 0.3) is 4.48 Å². The first kappa shape index (κ1) is 22.0. The van der Waals surface area contributed by atoms with Gasteiger partial charge in [0, 0.05) is 41.7 Å². The molecule has 0 radical (unpaired) electrons. The first-order valence-electron chi connectivity index (χ1n) is 9.09. The van der Waals surface area contributed by atoms with Gasteiger partial charge in [0.15, 0.2) is 0 Å². The molecule has 2 rings (SSSR count). The van der Waals surface area contributed by atoms with Gasteiger partial charge in [0.25, 0.3) is 0 Å². The molecule has 6 heteroatoms. The molecule has 1 aliphatic heterocycles. The molecule has 1 amide bonds. The van der Waals surface area contributed by atoms with Crippen molar-refractivity contribution in [2.75, 3.05) is 26.2 Å². The third-order valence-electron chi connectivity index (χ3n) is 4.46. The van der Waals surface area contributed by atoms with Gasteiger partial charge < -0.3 is 9.64 Å². The molecule has 1 unspecified atom stereocenters. The highest BCUT2D eigenvalue weighted by molar-refractivity contribution is 9.15. The highest BCUT2D eigenvalue weighted by atomic mass is 79.9. The number of carbonyl (C=O) groups is 1. The van der Waals surface area contributed by atoms with E-state index in [9.17, 15) is 4.79 Å². The molecule has 1 fully saturated rings. The lowest BCUT2D eigenvalue weighted by Crippen LogP contribution is -2.50. The summed E-state index contributed by atoms with van der Waals surface area (Å²) in [7, 11) is 0. The Morgan fingerprint density at radius 3 is 2.48 bits per heavy atom. The van der Waals surface area contributed by atoms with Crippen LogP contribution >= 0.6 is 27.5 Å². The quantitative estimate of drug-likeness (QED) is 0.520. The Hall–Kier alpha value is -1.30. The fraction of sp³-hybridized carbons (Fsp3) is 0.476. The van der Waals surface area contributed by atoms with E-state index in [0.717, 1.165) is 35.1 Å². The lowest BCUT2D eigenvalue weighted by atomic mass is 9.95. The summed E-state index contributed by atoms with van der Waals surface area (Å²) in [6.07, 6.45) is 2.49. The molecule has 0 aliphatic carbocycles. The second-order valence-electron chi connectivity index (χ2n) is 7.68. The number of benzene rings is 1. The zero-order valence-corrected chi connectivity index (χ0v) is 18.6. The van der Waals surface area contributed by atoms with Crippen LogP contribution in [0.15, 0.2) is 37.4 Å². The predicted octanol–water partition coefficient (Wildman–Crippen LogP) is 5.88. The maximum atomic E-state index is 12.3. The predicted molar refractivity (Wildman–Crippen MR) is 116 cm³/mol. The van der Waals surface area contributed by atoms with Gasteiger partial charge in [-0.2, -0.15) is 0 Å². The number of nitrogens with zero attached hydrogens (tertiary/aromatic N) is 2. The number of amides is 1. The van der Waals surface area contributed by atoms with E-state index in [2.05, 4.69) is 40.1 Å². The van der Waals surface area contributed by atoms with Crippen LogP contribution in [-0.2, 0) is 4.74 Å². The first-order chi connectivity index (χ1) is 12.6. The molecule has 1 aromatic carbocycles. The maximum absolute atomic E-state index is 12.3. The van der Waals surface area contributed by atoms with Crippen LogP contribution in [-0.4, -0.2) is 47.7 Å². The van der Waals surface area contributed by atoms with Gasteiger partial charge in [0.2, 0.25) is 0 Å². The summed E-state index contributed by atoms with van der Waals surface area (Å²) >= 11 is 9.68. The highest BCUT2D eigenvalue weighted by Gasteiger charge is 2.30. The third-order valence-corrected chi connectivity index (χ3v) is 5.13. The lowest BCUT2D eigenvalue weighted by Gasteiger charge is -2.40. The van der Waals surface area contributed by atoms with Crippen LogP contribution in [0.2, 0.25) is 5.02 Å². The fourth-order valence-electron chi connectivity index (χ4n) is 3.23. The molecule has 0 spiro atoms. The molecule has 1 aliphatic rings. The summed E-state index contributed by atoms with van der Waals surface area (Å²) in [6, 6.07) is 6.05. The molecular weight excluding hydrogens is 428 g/mol. The minimum atomic E-state index is -0.478. The van der Waals surface area contributed by atoms with Crippen molar-refractivity contribution in [1.29, 1.82) is 0 Å². The third kappa shape index (κ3) is 6.09. The van der Waals surface area contributed by atoms with Crippen molar-refractivity contribution in [3.05, 3.63) is 53.6 Å². The number of rotatable bonds is 5. The monoisotopic (exact) mass is 454 g/mol. The Balaban J connectivity index is 2.15. The van der Waals surface area contributed by atoms with Gasteiger partial charge in [-0.3, -0.25) is 4.90 Å². The normalized spacial score (nSPS) is 16.7. The van der Waals surface area contributed by atoms with Crippen LogP contribution in [0, 0.1) is 0 Å². The van der Waals surface area contributed by atoms with Gasteiger partial charge in [-0.15, -0.1) is 6.58 Å². The zero-order valence-electron chi connectivity index (χ0n) is 16.3. The second kappa shape index (κ2) is 9.26. The Morgan fingerprint density at radius 1 is 1.33 bits per heavy atom. The molecule has 0 saturated carbocycles. The lowest BCUT2D eigenvalue weighted by molar-refractivity contribution is 0.0103. The number of ether oxygens (including phenoxy) is 1. The number of halogens is 2. The molecule has 0 N–H and O–H groups in total. The summed E-state index contributed by atoms with van der Waals surface area (Å²) in [5.74, 6) is 0. The van der Waals surface area contributed by atoms with E-state index < -0.39 is 5.60 Å². The topological polar surface area (TPSA) is 32.8 Å². The van der Waals surface area contributed by atoms with E-state index in [1.807, 2.05) is 39.0 Å². The van der Waals surface area contributed by atoms with Crippen LogP contribution in [0.5, 0.6) is 0 Å². The molecule has 27 heavy (non-hydrogen) atoms. The fourth-order valence-corrected chi connectivity index (χ4v) is 3.74. The molecule has 0 aromatic heterocycles. The standard InChI is InChI=1S/C21H28BrClN2O2/c1-6-7-19(17-9-8-16(23)14-18(17)15(2)22)24-10-12-25(13-11-24)20(26)27-21(3,4)5/h6,8-9,14,19H,1-2,7,10-13H2,3-5H3. The SMILES string of the molecule is C=CCC(c1ccc(Cl)cc1C(=C)Br)N1CCN(C(=O)OC(C)(C)C)CC1. The molecule has 1 heterocycles. The average Bonchev–Trinajstić information content (AvgIpc) is 2.58. The summed E-state index contributed by atoms with van der Waals surface area (Å²) in [4.78, 5) is 16.5. The minimum Gasteiger partial charge on any atom is -0.444 e. The summed E-state index contributed by atoms with van der Waals surface area (Å²) in [5.41, 5.74) is 1.68. The molecule has 4 nitrogen and oxygen atoms in total. The van der Waals surface area contributed by atoms with Crippen LogP contribution in [0.4, 0.5) is 4.79 Å². The van der Waals surface area contributed by atoms with Gasteiger partial charge in [-0.1, -0.05) is 46.3 Å². The highest BCUT2D eigenvalue weighted by Crippen LogP contribution is 2.35. The van der Waals surface area contributed by atoms with Crippen LogP contribution < -0.4 is 0 Å². The Morgan fingerprint density at radius 2 is 1.96 bits per heavy atom. The average molecular weight is 456 g/mol. The molecule has 0 bridgehead atoms. The second-order valence-corrected chi connectivity index (χ2v) is 9.07. The van der Waals surface area contributed by atoms with Crippen molar-refractivity contribution in [1.82, 2.24) is 9.80 Å². The molecule has 1 saturated heterocycles. The van der Waals surface area contributed by atoms with E-state index in [-0.39, 0.29) is 12.1 Å². The van der Waals surface area contributed by atoms with Gasteiger partial charge >= 0.3 is 6.09 Å². The van der Waals surface area contributed by atoms with E-state index in [1.54, 1.807) is 4.90 Å². The Bertz CT molecular complexity index is 707. The Kier molecular flexibility index (Phi) is 7.55. The molecular formula is C21H28BrClN2O2. The number of piperazine rings is 1. The van der Waals surface area contributed by atoms with Crippen molar-refractivity contribution in [2.45, 2.75) is 38.8 Å². The van der Waals surface area contributed by atoms with Crippen molar-refractivity contribution in [3.63, 3.8) is 0 Å². The smallest absolute Gasteiger partial charge is 0.410 e.